The molecule has 5 rings (SSSR count). The van der Waals surface area contributed by atoms with E-state index in [2.05, 4.69) is 5.10 Å². The van der Waals surface area contributed by atoms with Gasteiger partial charge in [-0.1, -0.05) is 6.07 Å². The summed E-state index contributed by atoms with van der Waals surface area (Å²) in [4.78, 5) is 16.2. The van der Waals surface area contributed by atoms with Crippen LogP contribution in [0.25, 0.3) is 0 Å². The number of benzene rings is 1. The molecule has 0 N–H and O–H groups in total. The summed E-state index contributed by atoms with van der Waals surface area (Å²) in [7, 11) is 0. The van der Waals surface area contributed by atoms with Crippen LogP contribution in [-0.4, -0.2) is 28.9 Å². The first-order valence-electron chi connectivity index (χ1n) is 9.56. The van der Waals surface area contributed by atoms with E-state index >= 15 is 0 Å². The summed E-state index contributed by atoms with van der Waals surface area (Å²) in [6, 6.07) is 14.9. The molecule has 152 valence electrons. The van der Waals surface area contributed by atoms with Crippen LogP contribution in [-0.2, 0) is 13.1 Å². The Morgan fingerprint density at radius 3 is 2.80 bits per heavy atom. The first kappa shape index (κ1) is 18.5. The van der Waals surface area contributed by atoms with E-state index in [1.807, 2.05) is 54.0 Å². The van der Waals surface area contributed by atoms with E-state index in [4.69, 9.17) is 13.9 Å². The Balaban J connectivity index is 1.44. The number of carbonyl (C=O) groups is 1. The number of thiophene rings is 1. The SMILES string of the molecule is O=C(c1ccc(Cn2cccn2)o1)N(Cc1cccs1)c1ccc2c(c1)OCCO2. The summed E-state index contributed by atoms with van der Waals surface area (Å²) in [6.07, 6.45) is 3.56. The predicted molar refractivity (Wildman–Crippen MR) is 112 cm³/mol. The maximum Gasteiger partial charge on any atom is 0.294 e. The molecule has 4 heterocycles. The van der Waals surface area contributed by atoms with Gasteiger partial charge in [0, 0.05) is 29.0 Å². The molecular formula is C22H19N3O4S. The molecule has 8 heteroatoms. The van der Waals surface area contributed by atoms with Crippen molar-refractivity contribution < 1.29 is 18.7 Å². The number of furan rings is 1. The minimum absolute atomic E-state index is 0.216. The van der Waals surface area contributed by atoms with Gasteiger partial charge in [-0.3, -0.25) is 9.48 Å². The largest absolute Gasteiger partial charge is 0.486 e. The highest BCUT2D eigenvalue weighted by molar-refractivity contribution is 7.09. The van der Waals surface area contributed by atoms with Crippen molar-refractivity contribution >= 4 is 22.9 Å². The van der Waals surface area contributed by atoms with E-state index in [-0.39, 0.29) is 11.7 Å². The Morgan fingerprint density at radius 1 is 1.10 bits per heavy atom. The van der Waals surface area contributed by atoms with Gasteiger partial charge in [-0.2, -0.15) is 5.10 Å². The summed E-state index contributed by atoms with van der Waals surface area (Å²) in [5.41, 5.74) is 0.725. The zero-order valence-electron chi connectivity index (χ0n) is 16.1. The molecule has 3 aromatic heterocycles. The van der Waals surface area contributed by atoms with E-state index in [9.17, 15) is 4.79 Å². The van der Waals surface area contributed by atoms with Crippen LogP contribution in [0, 0.1) is 0 Å². The molecule has 0 fully saturated rings. The molecule has 0 bridgehead atoms. The van der Waals surface area contributed by atoms with Crippen molar-refractivity contribution in [2.24, 2.45) is 0 Å². The number of anilines is 1. The van der Waals surface area contributed by atoms with E-state index in [1.54, 1.807) is 33.2 Å². The lowest BCUT2D eigenvalue weighted by Gasteiger charge is -2.24. The second-order valence-corrected chi connectivity index (χ2v) is 7.80. The second-order valence-electron chi connectivity index (χ2n) is 6.77. The molecule has 1 amide bonds. The van der Waals surface area contributed by atoms with Crippen molar-refractivity contribution in [3.05, 3.63) is 82.7 Å². The average molecular weight is 421 g/mol. The quantitative estimate of drug-likeness (QED) is 0.467. The Kier molecular flexibility index (Phi) is 4.98. The highest BCUT2D eigenvalue weighted by Crippen LogP contribution is 2.35. The van der Waals surface area contributed by atoms with Gasteiger partial charge in [-0.05, 0) is 41.8 Å². The van der Waals surface area contributed by atoms with E-state index in [1.165, 1.54) is 0 Å². The molecule has 7 nitrogen and oxygen atoms in total. The summed E-state index contributed by atoms with van der Waals surface area (Å²) >= 11 is 1.60. The lowest BCUT2D eigenvalue weighted by atomic mass is 10.2. The third-order valence-corrected chi connectivity index (χ3v) is 5.59. The Hall–Kier alpha value is -3.52. The molecule has 1 aliphatic rings. The molecule has 0 saturated carbocycles. The topological polar surface area (TPSA) is 69.7 Å². The van der Waals surface area contributed by atoms with Crippen LogP contribution in [0.2, 0.25) is 0 Å². The second kappa shape index (κ2) is 8.08. The van der Waals surface area contributed by atoms with Gasteiger partial charge in [0.1, 0.15) is 19.0 Å². The summed E-state index contributed by atoms with van der Waals surface area (Å²) in [5, 5.41) is 6.17. The first-order chi connectivity index (χ1) is 14.8. The summed E-state index contributed by atoms with van der Waals surface area (Å²) < 4.78 is 18.9. The van der Waals surface area contributed by atoms with Gasteiger partial charge in [0.2, 0.25) is 0 Å². The summed E-state index contributed by atoms with van der Waals surface area (Å²) in [6.45, 7) is 1.92. The fourth-order valence-electron chi connectivity index (χ4n) is 3.30. The van der Waals surface area contributed by atoms with Crippen molar-refractivity contribution in [3.63, 3.8) is 0 Å². The van der Waals surface area contributed by atoms with Gasteiger partial charge in [0.25, 0.3) is 5.91 Å². The zero-order valence-corrected chi connectivity index (χ0v) is 16.9. The maximum absolute atomic E-state index is 13.4. The molecule has 4 aromatic rings. The van der Waals surface area contributed by atoms with Crippen LogP contribution < -0.4 is 14.4 Å². The van der Waals surface area contributed by atoms with E-state index < -0.39 is 0 Å². The first-order valence-corrected chi connectivity index (χ1v) is 10.4. The number of fused-ring (bicyclic) bond motifs is 1. The monoisotopic (exact) mass is 421 g/mol. The smallest absolute Gasteiger partial charge is 0.294 e. The van der Waals surface area contributed by atoms with E-state index in [0.717, 1.165) is 10.6 Å². The number of aromatic nitrogens is 2. The van der Waals surface area contributed by atoms with Crippen molar-refractivity contribution in [1.82, 2.24) is 9.78 Å². The van der Waals surface area contributed by atoms with Crippen molar-refractivity contribution in [2.45, 2.75) is 13.1 Å². The molecule has 0 aliphatic carbocycles. The number of rotatable bonds is 6. The molecular weight excluding hydrogens is 402 g/mol. The van der Waals surface area contributed by atoms with Gasteiger partial charge < -0.3 is 18.8 Å². The number of amides is 1. The Bertz CT molecular complexity index is 1140. The molecule has 1 aromatic carbocycles. The lowest BCUT2D eigenvalue weighted by Crippen LogP contribution is -2.30. The Labute approximate surface area is 177 Å². The molecule has 0 saturated heterocycles. The van der Waals surface area contributed by atoms with Gasteiger partial charge in [0.15, 0.2) is 17.3 Å². The number of nitrogens with zero attached hydrogens (tertiary/aromatic N) is 3. The summed E-state index contributed by atoms with van der Waals surface area (Å²) in [5.74, 6) is 2.06. The van der Waals surface area contributed by atoms with Crippen LogP contribution in [0.5, 0.6) is 11.5 Å². The normalized spacial score (nSPS) is 12.7. The fraction of sp³-hybridized carbons (Fsp3) is 0.182. The highest BCUT2D eigenvalue weighted by atomic mass is 32.1. The minimum Gasteiger partial charge on any atom is -0.486 e. The standard InChI is InChI=1S/C22H19N3O4S/c26-22(20-7-5-17(29-20)14-24-9-2-8-23-24)25(15-18-3-1-12-30-18)16-4-6-19-21(13-16)28-11-10-27-19/h1-9,12-13H,10-11,14-15H2. The zero-order chi connectivity index (χ0) is 20.3. The molecule has 0 unspecified atom stereocenters. The van der Waals surface area contributed by atoms with Crippen LogP contribution >= 0.6 is 11.3 Å². The van der Waals surface area contributed by atoms with Crippen LogP contribution in [0.3, 0.4) is 0 Å². The number of carbonyl (C=O) groups excluding carboxylic acids is 1. The van der Waals surface area contributed by atoms with Crippen LogP contribution in [0.4, 0.5) is 5.69 Å². The molecule has 0 atom stereocenters. The number of hydrogen-bond donors (Lipinski definition) is 0. The average Bonchev–Trinajstić information content (AvgIpc) is 3.55. The highest BCUT2D eigenvalue weighted by Gasteiger charge is 2.24. The predicted octanol–water partition coefficient (Wildman–Crippen LogP) is 4.20. The van der Waals surface area contributed by atoms with E-state index in [0.29, 0.717) is 43.6 Å². The Morgan fingerprint density at radius 2 is 2.00 bits per heavy atom. The van der Waals surface area contributed by atoms with Crippen molar-refractivity contribution in [3.8, 4) is 11.5 Å². The van der Waals surface area contributed by atoms with Gasteiger partial charge in [-0.15, -0.1) is 11.3 Å². The van der Waals surface area contributed by atoms with Gasteiger partial charge in [-0.25, -0.2) is 0 Å². The van der Waals surface area contributed by atoms with Crippen LogP contribution in [0.15, 0.2) is 70.7 Å². The number of hydrogen-bond acceptors (Lipinski definition) is 6. The third kappa shape index (κ3) is 3.81. The van der Waals surface area contributed by atoms with Crippen molar-refractivity contribution in [2.75, 3.05) is 18.1 Å². The molecule has 0 spiro atoms. The third-order valence-electron chi connectivity index (χ3n) is 4.73. The number of ether oxygens (including phenoxy) is 2. The van der Waals surface area contributed by atoms with Crippen LogP contribution in [0.1, 0.15) is 21.2 Å². The molecule has 1 aliphatic heterocycles. The molecule has 0 radical (unpaired) electrons. The van der Waals surface area contributed by atoms with Gasteiger partial charge >= 0.3 is 0 Å². The molecule has 30 heavy (non-hydrogen) atoms. The minimum atomic E-state index is -0.216. The van der Waals surface area contributed by atoms with Gasteiger partial charge in [0.05, 0.1) is 13.1 Å². The lowest BCUT2D eigenvalue weighted by molar-refractivity contribution is 0.0956. The van der Waals surface area contributed by atoms with Crippen molar-refractivity contribution in [1.29, 1.82) is 0 Å². The fourth-order valence-corrected chi connectivity index (χ4v) is 4.00. The maximum atomic E-state index is 13.4.